The molecule has 8 heteroatoms. The van der Waals surface area contributed by atoms with Crippen LogP contribution < -0.4 is 5.73 Å². The Hall–Kier alpha value is -1.96. The van der Waals surface area contributed by atoms with Crippen molar-refractivity contribution in [1.82, 2.24) is 0 Å². The summed E-state index contributed by atoms with van der Waals surface area (Å²) in [6, 6.07) is 2.28. The largest absolute Gasteiger partial charge is 0.478 e. The average Bonchev–Trinajstić information content (AvgIpc) is 2.14. The van der Waals surface area contributed by atoms with Gasteiger partial charge in [-0.15, -0.1) is 0 Å². The van der Waals surface area contributed by atoms with E-state index in [1.165, 1.54) is 0 Å². The molecule has 0 aliphatic rings. The predicted molar refractivity (Wildman–Crippen MR) is 54.6 cm³/mol. The number of hydrogen-bond donors (Lipinski definition) is 2. The molecule has 0 saturated carbocycles. The van der Waals surface area contributed by atoms with Crippen LogP contribution in [0.15, 0.2) is 23.1 Å². The zero-order chi connectivity index (χ0) is 13.2. The van der Waals surface area contributed by atoms with E-state index in [1.54, 1.807) is 0 Å². The molecule has 3 N–H and O–H groups in total. The maximum absolute atomic E-state index is 13.4. The Bertz CT molecular complexity index is 581. The molecular weight excluding hydrogens is 253 g/mol. The van der Waals surface area contributed by atoms with Gasteiger partial charge >= 0.3 is 5.97 Å². The third-order valence-electron chi connectivity index (χ3n) is 1.85. The normalized spacial score (nSPS) is 11.1. The fourth-order valence-corrected chi connectivity index (χ4v) is 2.31. The van der Waals surface area contributed by atoms with Crippen molar-refractivity contribution in [1.29, 1.82) is 0 Å². The van der Waals surface area contributed by atoms with E-state index < -0.39 is 38.2 Å². The van der Waals surface area contributed by atoms with Gasteiger partial charge in [-0.3, -0.25) is 4.79 Å². The number of benzene rings is 1. The minimum Gasteiger partial charge on any atom is -0.478 e. The number of aromatic carboxylic acids is 1. The monoisotopic (exact) mass is 261 g/mol. The molecule has 0 radical (unpaired) electrons. The first-order chi connectivity index (χ1) is 7.74. The van der Waals surface area contributed by atoms with Gasteiger partial charge in [0.05, 0.1) is 5.56 Å². The second kappa shape index (κ2) is 4.50. The van der Waals surface area contributed by atoms with Gasteiger partial charge in [-0.05, 0) is 18.2 Å². The fourth-order valence-electron chi connectivity index (χ4n) is 1.15. The van der Waals surface area contributed by atoms with Crippen molar-refractivity contribution in [3.8, 4) is 0 Å². The molecule has 1 rings (SSSR count). The summed E-state index contributed by atoms with van der Waals surface area (Å²) in [6.07, 6.45) is 0. The van der Waals surface area contributed by atoms with Crippen molar-refractivity contribution in [3.63, 3.8) is 0 Å². The van der Waals surface area contributed by atoms with Gasteiger partial charge in [0.2, 0.25) is 5.91 Å². The van der Waals surface area contributed by atoms with E-state index in [0.717, 1.165) is 12.1 Å². The molecule has 0 saturated heterocycles. The van der Waals surface area contributed by atoms with Crippen molar-refractivity contribution in [2.24, 2.45) is 5.73 Å². The number of nitrogens with two attached hydrogens (primary N) is 1. The summed E-state index contributed by atoms with van der Waals surface area (Å²) >= 11 is 0. The molecule has 1 aromatic rings. The number of carbonyl (C=O) groups is 2. The van der Waals surface area contributed by atoms with Crippen molar-refractivity contribution < 1.29 is 27.5 Å². The van der Waals surface area contributed by atoms with Crippen molar-refractivity contribution in [2.45, 2.75) is 4.90 Å². The summed E-state index contributed by atoms with van der Waals surface area (Å²) in [5, 5.41) is 8.56. The highest BCUT2D eigenvalue weighted by Gasteiger charge is 2.22. The number of carboxylic acid groups (broad SMARTS) is 1. The zero-order valence-electron chi connectivity index (χ0n) is 8.38. The Morgan fingerprint density at radius 1 is 1.35 bits per heavy atom. The lowest BCUT2D eigenvalue weighted by atomic mass is 10.2. The highest BCUT2D eigenvalue weighted by molar-refractivity contribution is 7.92. The van der Waals surface area contributed by atoms with Gasteiger partial charge in [0.25, 0.3) is 0 Å². The summed E-state index contributed by atoms with van der Waals surface area (Å²) in [7, 11) is -4.18. The van der Waals surface area contributed by atoms with Gasteiger partial charge in [-0.2, -0.15) is 0 Å². The third kappa shape index (κ3) is 3.00. The topological polar surface area (TPSA) is 115 Å². The highest BCUT2D eigenvalue weighted by Crippen LogP contribution is 2.17. The van der Waals surface area contributed by atoms with E-state index in [4.69, 9.17) is 10.8 Å². The first-order valence-corrected chi connectivity index (χ1v) is 5.93. The van der Waals surface area contributed by atoms with Crippen LogP contribution in [0.2, 0.25) is 0 Å². The lowest BCUT2D eigenvalue weighted by Crippen LogP contribution is -2.23. The maximum atomic E-state index is 13.4. The van der Waals surface area contributed by atoms with E-state index in [2.05, 4.69) is 0 Å². The Morgan fingerprint density at radius 2 is 1.94 bits per heavy atom. The summed E-state index contributed by atoms with van der Waals surface area (Å²) < 4.78 is 36.3. The minimum absolute atomic E-state index is 0.388. The van der Waals surface area contributed by atoms with Crippen molar-refractivity contribution in [3.05, 3.63) is 29.6 Å². The van der Waals surface area contributed by atoms with Crippen LogP contribution in [-0.4, -0.2) is 31.2 Å². The van der Waals surface area contributed by atoms with Gasteiger partial charge in [0.1, 0.15) is 16.5 Å². The Labute approximate surface area is 95.8 Å². The molecule has 0 spiro atoms. The molecule has 0 atom stereocenters. The number of amides is 1. The number of carboxylic acids is 1. The van der Waals surface area contributed by atoms with E-state index in [1.807, 2.05) is 0 Å². The number of sulfone groups is 1. The number of halogens is 1. The molecule has 1 amide bonds. The smallest absolute Gasteiger partial charge is 0.335 e. The third-order valence-corrected chi connectivity index (χ3v) is 3.51. The van der Waals surface area contributed by atoms with Crippen LogP contribution in [0.3, 0.4) is 0 Å². The quantitative estimate of drug-likeness (QED) is 0.777. The van der Waals surface area contributed by atoms with E-state index in [0.29, 0.717) is 6.07 Å². The van der Waals surface area contributed by atoms with E-state index in [-0.39, 0.29) is 5.56 Å². The van der Waals surface area contributed by atoms with E-state index in [9.17, 15) is 22.4 Å². The lowest BCUT2D eigenvalue weighted by molar-refractivity contribution is -0.115. The van der Waals surface area contributed by atoms with Crippen molar-refractivity contribution in [2.75, 3.05) is 5.75 Å². The summed E-state index contributed by atoms with van der Waals surface area (Å²) in [5.74, 6) is -4.77. The van der Waals surface area contributed by atoms with Gasteiger partial charge in [-0.1, -0.05) is 0 Å². The first-order valence-electron chi connectivity index (χ1n) is 4.28. The number of hydrogen-bond acceptors (Lipinski definition) is 4. The Morgan fingerprint density at radius 3 is 2.35 bits per heavy atom. The minimum atomic E-state index is -4.18. The standard InChI is InChI=1S/C9H8FNO5S/c10-6-3-5(9(13)14)1-2-7(6)17(15,16)4-8(11)12/h1-3H,4H2,(H2,11,12)(H,13,14). The van der Waals surface area contributed by atoms with Crippen LogP contribution in [0.5, 0.6) is 0 Å². The summed E-state index contributed by atoms with van der Waals surface area (Å²) in [6.45, 7) is 0. The summed E-state index contributed by atoms with van der Waals surface area (Å²) in [5.41, 5.74) is 4.32. The SMILES string of the molecule is NC(=O)CS(=O)(=O)c1ccc(C(=O)O)cc1F. The predicted octanol–water partition coefficient (Wildman–Crippen LogP) is -0.217. The second-order valence-electron chi connectivity index (χ2n) is 3.18. The molecule has 0 aromatic heterocycles. The van der Waals surface area contributed by atoms with Crippen LogP contribution in [0.4, 0.5) is 4.39 Å². The van der Waals surface area contributed by atoms with Gasteiger partial charge in [0, 0.05) is 0 Å². The zero-order valence-corrected chi connectivity index (χ0v) is 9.20. The molecule has 92 valence electrons. The molecular formula is C9H8FNO5S. The van der Waals surface area contributed by atoms with Gasteiger partial charge in [0.15, 0.2) is 9.84 Å². The fraction of sp³-hybridized carbons (Fsp3) is 0.111. The molecule has 17 heavy (non-hydrogen) atoms. The van der Waals surface area contributed by atoms with Crippen LogP contribution in [0, 0.1) is 5.82 Å². The molecule has 0 aliphatic heterocycles. The van der Waals surface area contributed by atoms with Crippen LogP contribution >= 0.6 is 0 Å². The van der Waals surface area contributed by atoms with Crippen LogP contribution in [0.1, 0.15) is 10.4 Å². The molecule has 0 bridgehead atoms. The van der Waals surface area contributed by atoms with Crippen molar-refractivity contribution >= 4 is 21.7 Å². The molecule has 0 aliphatic carbocycles. The lowest BCUT2D eigenvalue weighted by Gasteiger charge is -2.04. The number of carbonyl (C=O) groups excluding carboxylic acids is 1. The number of primary amides is 1. The molecule has 0 heterocycles. The van der Waals surface area contributed by atoms with Crippen LogP contribution in [0.25, 0.3) is 0 Å². The Balaban J connectivity index is 3.25. The highest BCUT2D eigenvalue weighted by atomic mass is 32.2. The maximum Gasteiger partial charge on any atom is 0.335 e. The first kappa shape index (κ1) is 13.1. The Kier molecular flexibility index (Phi) is 3.47. The van der Waals surface area contributed by atoms with Crippen LogP contribution in [-0.2, 0) is 14.6 Å². The molecule has 1 aromatic carbocycles. The second-order valence-corrected chi connectivity index (χ2v) is 5.13. The molecule has 6 nitrogen and oxygen atoms in total. The summed E-state index contributed by atoms with van der Waals surface area (Å²) in [4.78, 5) is 20.3. The van der Waals surface area contributed by atoms with Gasteiger partial charge in [-0.25, -0.2) is 17.6 Å². The number of rotatable bonds is 4. The molecule has 0 fully saturated rings. The van der Waals surface area contributed by atoms with E-state index >= 15 is 0 Å². The molecule has 0 unspecified atom stereocenters. The average molecular weight is 261 g/mol. The van der Waals surface area contributed by atoms with Gasteiger partial charge < -0.3 is 10.8 Å².